The van der Waals surface area contributed by atoms with Crippen molar-refractivity contribution in [2.75, 3.05) is 0 Å². The molecule has 112 valence electrons. The molecule has 2 aromatic rings. The Hall–Kier alpha value is -1.72. The van der Waals surface area contributed by atoms with Crippen LogP contribution >= 0.6 is 11.3 Å². The first-order valence-electron chi connectivity index (χ1n) is 6.88. The molecule has 5 heteroatoms. The van der Waals surface area contributed by atoms with Gasteiger partial charge in [0.1, 0.15) is 5.01 Å². The number of hydrogen-bond acceptors (Lipinski definition) is 4. The maximum atomic E-state index is 12.1. The predicted molar refractivity (Wildman–Crippen MR) is 84.0 cm³/mol. The molecule has 0 radical (unpaired) electrons. The molecule has 0 fully saturated rings. The van der Waals surface area contributed by atoms with Gasteiger partial charge in [0.05, 0.1) is 18.1 Å². The van der Waals surface area contributed by atoms with Crippen LogP contribution in [-0.2, 0) is 10.4 Å². The zero-order chi connectivity index (χ0) is 15.5. The van der Waals surface area contributed by atoms with Gasteiger partial charge in [-0.3, -0.25) is 4.79 Å². The average molecular weight is 304 g/mol. The Balaban J connectivity index is 1.98. The monoisotopic (exact) mass is 304 g/mol. The third-order valence-corrected chi connectivity index (χ3v) is 4.38. The largest absolute Gasteiger partial charge is 0.385 e. The van der Waals surface area contributed by atoms with Crippen LogP contribution in [0.2, 0.25) is 0 Å². The van der Waals surface area contributed by atoms with Gasteiger partial charge in [-0.25, -0.2) is 4.98 Å². The highest BCUT2D eigenvalue weighted by atomic mass is 32.1. The van der Waals surface area contributed by atoms with E-state index in [1.807, 2.05) is 44.2 Å². The molecule has 0 aliphatic rings. The molecule has 1 amide bonds. The van der Waals surface area contributed by atoms with Crippen molar-refractivity contribution in [3.05, 3.63) is 52.0 Å². The summed E-state index contributed by atoms with van der Waals surface area (Å²) in [5, 5.41) is 14.2. The average Bonchev–Trinajstić information content (AvgIpc) is 2.86. The number of hydrogen-bond donors (Lipinski definition) is 2. The molecule has 1 heterocycles. The van der Waals surface area contributed by atoms with Crippen LogP contribution < -0.4 is 5.32 Å². The highest BCUT2D eigenvalue weighted by Gasteiger charge is 2.27. The first-order chi connectivity index (χ1) is 9.88. The maximum Gasteiger partial charge on any atom is 0.223 e. The summed E-state index contributed by atoms with van der Waals surface area (Å²) < 4.78 is 0. The zero-order valence-corrected chi connectivity index (χ0v) is 13.3. The molecule has 0 saturated heterocycles. The van der Waals surface area contributed by atoms with Crippen molar-refractivity contribution in [1.29, 1.82) is 0 Å². The second-order valence-electron chi connectivity index (χ2n) is 5.42. The third kappa shape index (κ3) is 4.12. The second-order valence-corrected chi connectivity index (χ2v) is 6.68. The van der Waals surface area contributed by atoms with E-state index in [1.54, 1.807) is 24.5 Å². The number of nitrogens with one attached hydrogen (secondary N) is 1. The second kappa shape index (κ2) is 6.37. The minimum atomic E-state index is -1.18. The smallest absolute Gasteiger partial charge is 0.223 e. The number of aromatic nitrogens is 1. The molecule has 1 aromatic heterocycles. The van der Waals surface area contributed by atoms with Gasteiger partial charge in [-0.2, -0.15) is 0 Å². The highest BCUT2D eigenvalue weighted by Crippen LogP contribution is 2.25. The SMILES string of the molecule is Cc1cnc(C(C)NC(=O)CC(C)(O)c2ccccc2)s1. The summed E-state index contributed by atoms with van der Waals surface area (Å²) >= 11 is 1.56. The number of nitrogens with zero attached hydrogens (tertiary/aromatic N) is 1. The van der Waals surface area contributed by atoms with Crippen molar-refractivity contribution in [1.82, 2.24) is 10.3 Å². The molecule has 2 unspecified atom stereocenters. The number of amides is 1. The summed E-state index contributed by atoms with van der Waals surface area (Å²) in [5.74, 6) is -0.191. The molecule has 2 rings (SSSR count). The zero-order valence-electron chi connectivity index (χ0n) is 12.5. The van der Waals surface area contributed by atoms with Gasteiger partial charge in [0, 0.05) is 11.1 Å². The molecule has 0 saturated carbocycles. The van der Waals surface area contributed by atoms with Crippen molar-refractivity contribution < 1.29 is 9.90 Å². The number of carbonyl (C=O) groups is 1. The Bertz CT molecular complexity index is 608. The molecule has 0 aliphatic carbocycles. The number of aryl methyl sites for hydroxylation is 1. The number of carbonyl (C=O) groups excluding carboxylic acids is 1. The maximum absolute atomic E-state index is 12.1. The summed E-state index contributed by atoms with van der Waals surface area (Å²) in [5.41, 5.74) is -0.443. The van der Waals surface area contributed by atoms with Gasteiger partial charge in [-0.1, -0.05) is 30.3 Å². The van der Waals surface area contributed by atoms with E-state index in [4.69, 9.17) is 0 Å². The number of thiazole rings is 1. The molecule has 0 spiro atoms. The number of rotatable bonds is 5. The Labute approximate surface area is 128 Å². The highest BCUT2D eigenvalue weighted by molar-refractivity contribution is 7.11. The molecular formula is C16H20N2O2S. The summed E-state index contributed by atoms with van der Waals surface area (Å²) in [6, 6.07) is 9.07. The van der Waals surface area contributed by atoms with Gasteiger partial charge >= 0.3 is 0 Å². The third-order valence-electron chi connectivity index (χ3n) is 3.29. The molecule has 0 bridgehead atoms. The van der Waals surface area contributed by atoms with E-state index >= 15 is 0 Å². The lowest BCUT2D eigenvalue weighted by molar-refractivity contribution is -0.126. The van der Waals surface area contributed by atoms with Crippen LogP contribution in [0, 0.1) is 6.92 Å². The predicted octanol–water partition coefficient (Wildman–Crippen LogP) is 2.93. The van der Waals surface area contributed by atoms with Crippen LogP contribution in [0.5, 0.6) is 0 Å². The number of aliphatic hydroxyl groups is 1. The molecule has 4 nitrogen and oxygen atoms in total. The van der Waals surface area contributed by atoms with Crippen LogP contribution in [0.25, 0.3) is 0 Å². The normalized spacial score (nSPS) is 15.2. The van der Waals surface area contributed by atoms with E-state index in [9.17, 15) is 9.90 Å². The Morgan fingerprint density at radius 1 is 1.43 bits per heavy atom. The van der Waals surface area contributed by atoms with Crippen LogP contribution in [0.3, 0.4) is 0 Å². The molecule has 1 aromatic carbocycles. The molecular weight excluding hydrogens is 284 g/mol. The van der Waals surface area contributed by atoms with Gasteiger partial charge in [-0.05, 0) is 26.3 Å². The van der Waals surface area contributed by atoms with Crippen molar-refractivity contribution in [2.24, 2.45) is 0 Å². The van der Waals surface area contributed by atoms with Crippen LogP contribution in [0.4, 0.5) is 0 Å². The van der Waals surface area contributed by atoms with Gasteiger partial charge in [0.15, 0.2) is 0 Å². The lowest BCUT2D eigenvalue weighted by Gasteiger charge is -2.24. The molecule has 2 atom stereocenters. The molecule has 21 heavy (non-hydrogen) atoms. The van der Waals surface area contributed by atoms with E-state index < -0.39 is 5.60 Å². The van der Waals surface area contributed by atoms with Gasteiger partial charge in [0.25, 0.3) is 0 Å². The fraction of sp³-hybridized carbons (Fsp3) is 0.375. The van der Waals surface area contributed by atoms with E-state index in [-0.39, 0.29) is 18.4 Å². The first-order valence-corrected chi connectivity index (χ1v) is 7.70. The quantitative estimate of drug-likeness (QED) is 0.893. The Morgan fingerprint density at radius 2 is 2.10 bits per heavy atom. The Kier molecular flexibility index (Phi) is 4.75. The van der Waals surface area contributed by atoms with Gasteiger partial charge in [0.2, 0.25) is 5.91 Å². The molecule has 0 aliphatic heterocycles. The summed E-state index contributed by atoms with van der Waals surface area (Å²) in [4.78, 5) is 17.5. The van der Waals surface area contributed by atoms with E-state index in [1.165, 1.54) is 0 Å². The van der Waals surface area contributed by atoms with E-state index in [2.05, 4.69) is 10.3 Å². The fourth-order valence-electron chi connectivity index (χ4n) is 2.14. The topological polar surface area (TPSA) is 62.2 Å². The van der Waals surface area contributed by atoms with Crippen molar-refractivity contribution >= 4 is 17.2 Å². The van der Waals surface area contributed by atoms with Crippen LogP contribution in [0.1, 0.15) is 41.8 Å². The standard InChI is InChI=1S/C16H20N2O2S/c1-11-10-17-15(21-11)12(2)18-14(19)9-16(3,20)13-7-5-4-6-8-13/h4-8,10,12,20H,9H2,1-3H3,(H,18,19). The minimum absolute atomic E-state index is 0.0196. The van der Waals surface area contributed by atoms with Gasteiger partial charge < -0.3 is 10.4 Å². The van der Waals surface area contributed by atoms with Crippen molar-refractivity contribution in [2.45, 2.75) is 38.8 Å². The van der Waals surface area contributed by atoms with Crippen molar-refractivity contribution in [3.8, 4) is 0 Å². The first kappa shape index (κ1) is 15.7. The summed E-state index contributed by atoms with van der Waals surface area (Å²) in [6.45, 7) is 5.53. The minimum Gasteiger partial charge on any atom is -0.385 e. The van der Waals surface area contributed by atoms with Gasteiger partial charge in [-0.15, -0.1) is 11.3 Å². The van der Waals surface area contributed by atoms with E-state index in [0.29, 0.717) is 0 Å². The Morgan fingerprint density at radius 3 is 2.67 bits per heavy atom. The lowest BCUT2D eigenvalue weighted by atomic mass is 9.92. The molecule has 2 N–H and O–H groups in total. The fourth-order valence-corrected chi connectivity index (χ4v) is 2.91. The number of benzene rings is 1. The summed E-state index contributed by atoms with van der Waals surface area (Å²) in [6.07, 6.45) is 1.81. The summed E-state index contributed by atoms with van der Waals surface area (Å²) in [7, 11) is 0. The van der Waals surface area contributed by atoms with Crippen LogP contribution in [0.15, 0.2) is 36.5 Å². The van der Waals surface area contributed by atoms with E-state index in [0.717, 1.165) is 15.4 Å². The van der Waals surface area contributed by atoms with Crippen molar-refractivity contribution in [3.63, 3.8) is 0 Å². The lowest BCUT2D eigenvalue weighted by Crippen LogP contribution is -2.34. The van der Waals surface area contributed by atoms with Crippen LogP contribution in [-0.4, -0.2) is 16.0 Å².